The van der Waals surface area contributed by atoms with E-state index in [0.717, 1.165) is 24.4 Å². The van der Waals surface area contributed by atoms with Gasteiger partial charge in [0.25, 0.3) is 0 Å². The van der Waals surface area contributed by atoms with E-state index in [4.69, 9.17) is 5.73 Å². The summed E-state index contributed by atoms with van der Waals surface area (Å²) in [6.45, 7) is 12.8. The normalized spacial score (nSPS) is 33.0. The van der Waals surface area contributed by atoms with Crippen molar-refractivity contribution in [3.63, 3.8) is 0 Å². The molecule has 3 heteroatoms. The first kappa shape index (κ1) is 16.3. The Balaban J connectivity index is 1.86. The Bertz CT molecular complexity index is 273. The summed E-state index contributed by atoms with van der Waals surface area (Å²) in [6.07, 6.45) is 6.90. The van der Waals surface area contributed by atoms with Gasteiger partial charge < -0.3 is 5.73 Å². The first-order valence-electron chi connectivity index (χ1n) is 8.83. The molecular formula is C17H35N3. The van der Waals surface area contributed by atoms with Crippen molar-refractivity contribution >= 4 is 0 Å². The number of piperazine rings is 1. The van der Waals surface area contributed by atoms with Crippen LogP contribution in [0.5, 0.6) is 0 Å². The van der Waals surface area contributed by atoms with E-state index in [2.05, 4.69) is 30.6 Å². The molecule has 0 radical (unpaired) electrons. The van der Waals surface area contributed by atoms with Crippen LogP contribution in [0.2, 0.25) is 0 Å². The Labute approximate surface area is 125 Å². The molecule has 4 atom stereocenters. The summed E-state index contributed by atoms with van der Waals surface area (Å²) in [5, 5.41) is 0. The predicted molar refractivity (Wildman–Crippen MR) is 86.9 cm³/mol. The molecule has 0 amide bonds. The van der Waals surface area contributed by atoms with Crippen LogP contribution >= 0.6 is 0 Å². The molecule has 1 aliphatic carbocycles. The summed E-state index contributed by atoms with van der Waals surface area (Å²) in [5.41, 5.74) is 6.15. The molecule has 0 spiro atoms. The largest absolute Gasteiger partial charge is 0.329 e. The summed E-state index contributed by atoms with van der Waals surface area (Å²) < 4.78 is 0. The number of nitrogens with zero attached hydrogens (tertiary/aromatic N) is 2. The van der Waals surface area contributed by atoms with E-state index in [0.29, 0.717) is 6.04 Å². The van der Waals surface area contributed by atoms with Gasteiger partial charge in [-0.25, -0.2) is 0 Å². The number of nitrogens with two attached hydrogens (primary N) is 1. The minimum atomic E-state index is 0.636. The molecule has 0 aromatic rings. The van der Waals surface area contributed by atoms with Gasteiger partial charge in [0.05, 0.1) is 0 Å². The maximum Gasteiger partial charge on any atom is 0.0247 e. The van der Waals surface area contributed by atoms with Crippen molar-refractivity contribution in [2.75, 3.05) is 32.7 Å². The Kier molecular flexibility index (Phi) is 6.31. The lowest BCUT2D eigenvalue weighted by Crippen LogP contribution is -2.56. The van der Waals surface area contributed by atoms with Gasteiger partial charge in [0.1, 0.15) is 0 Å². The highest BCUT2D eigenvalue weighted by molar-refractivity contribution is 4.87. The third-order valence-corrected chi connectivity index (χ3v) is 5.79. The molecule has 2 fully saturated rings. The maximum absolute atomic E-state index is 6.15. The third-order valence-electron chi connectivity index (χ3n) is 5.79. The minimum absolute atomic E-state index is 0.636. The zero-order chi connectivity index (χ0) is 14.5. The number of hydrogen-bond acceptors (Lipinski definition) is 3. The van der Waals surface area contributed by atoms with Gasteiger partial charge in [-0.05, 0) is 38.0 Å². The van der Waals surface area contributed by atoms with Crippen LogP contribution in [0.1, 0.15) is 52.9 Å². The highest BCUT2D eigenvalue weighted by Crippen LogP contribution is 2.32. The second-order valence-electron chi connectivity index (χ2n) is 7.16. The van der Waals surface area contributed by atoms with Crippen LogP contribution in [0, 0.1) is 11.8 Å². The van der Waals surface area contributed by atoms with Crippen molar-refractivity contribution in [2.45, 2.75) is 65.0 Å². The fourth-order valence-electron chi connectivity index (χ4n) is 4.24. The summed E-state index contributed by atoms with van der Waals surface area (Å²) in [7, 11) is 0. The van der Waals surface area contributed by atoms with Gasteiger partial charge in [-0.3, -0.25) is 9.80 Å². The van der Waals surface area contributed by atoms with Gasteiger partial charge in [-0.15, -0.1) is 0 Å². The van der Waals surface area contributed by atoms with E-state index in [1.807, 2.05) is 0 Å². The fraction of sp³-hybridized carbons (Fsp3) is 1.00. The second-order valence-corrected chi connectivity index (χ2v) is 7.16. The average Bonchev–Trinajstić information content (AvgIpc) is 2.48. The van der Waals surface area contributed by atoms with Crippen LogP contribution in [-0.2, 0) is 0 Å². The Morgan fingerprint density at radius 3 is 2.30 bits per heavy atom. The van der Waals surface area contributed by atoms with E-state index in [1.165, 1.54) is 58.3 Å². The lowest BCUT2D eigenvalue weighted by atomic mass is 9.78. The third kappa shape index (κ3) is 3.96. The summed E-state index contributed by atoms with van der Waals surface area (Å²) in [6, 6.07) is 1.38. The lowest BCUT2D eigenvalue weighted by molar-refractivity contribution is 0.0414. The van der Waals surface area contributed by atoms with Gasteiger partial charge >= 0.3 is 0 Å². The molecule has 0 bridgehead atoms. The first-order chi connectivity index (χ1) is 9.65. The van der Waals surface area contributed by atoms with Crippen LogP contribution in [0.3, 0.4) is 0 Å². The van der Waals surface area contributed by atoms with Crippen molar-refractivity contribution in [1.82, 2.24) is 9.80 Å². The van der Waals surface area contributed by atoms with E-state index < -0.39 is 0 Å². The Hall–Kier alpha value is -0.120. The molecule has 3 nitrogen and oxygen atoms in total. The molecule has 2 rings (SSSR count). The van der Waals surface area contributed by atoms with Gasteiger partial charge in [0.2, 0.25) is 0 Å². The lowest BCUT2D eigenvalue weighted by Gasteiger charge is -2.45. The van der Waals surface area contributed by atoms with Crippen LogP contribution in [-0.4, -0.2) is 54.6 Å². The molecule has 2 N–H and O–H groups in total. The van der Waals surface area contributed by atoms with E-state index in [-0.39, 0.29) is 0 Å². The molecular weight excluding hydrogens is 246 g/mol. The molecule has 0 aromatic carbocycles. The van der Waals surface area contributed by atoms with Crippen molar-refractivity contribution in [3.05, 3.63) is 0 Å². The van der Waals surface area contributed by atoms with Gasteiger partial charge in [-0.2, -0.15) is 0 Å². The summed E-state index contributed by atoms with van der Waals surface area (Å²) >= 11 is 0. The van der Waals surface area contributed by atoms with Gasteiger partial charge in [0, 0.05) is 44.8 Å². The van der Waals surface area contributed by atoms with Gasteiger partial charge in [0.15, 0.2) is 0 Å². The second kappa shape index (κ2) is 7.77. The first-order valence-corrected chi connectivity index (χ1v) is 8.83. The van der Waals surface area contributed by atoms with Crippen LogP contribution in [0.25, 0.3) is 0 Å². The number of hydrogen-bond donors (Lipinski definition) is 1. The molecule has 1 saturated heterocycles. The highest BCUT2D eigenvalue weighted by atomic mass is 15.3. The SMILES string of the molecule is CCC(C)N1CCN(C(CN)C2CCCC(C)C2)CC1. The zero-order valence-electron chi connectivity index (χ0n) is 13.9. The Morgan fingerprint density at radius 2 is 1.75 bits per heavy atom. The van der Waals surface area contributed by atoms with Gasteiger partial charge in [-0.1, -0.05) is 26.7 Å². The predicted octanol–water partition coefficient (Wildman–Crippen LogP) is 2.56. The molecule has 118 valence electrons. The molecule has 1 saturated carbocycles. The topological polar surface area (TPSA) is 32.5 Å². The van der Waals surface area contributed by atoms with E-state index in [1.54, 1.807) is 0 Å². The van der Waals surface area contributed by atoms with Crippen molar-refractivity contribution < 1.29 is 0 Å². The monoisotopic (exact) mass is 281 g/mol. The molecule has 1 aliphatic heterocycles. The highest BCUT2D eigenvalue weighted by Gasteiger charge is 2.32. The fourth-order valence-corrected chi connectivity index (χ4v) is 4.24. The maximum atomic E-state index is 6.15. The molecule has 1 heterocycles. The molecule has 0 aromatic heterocycles. The van der Waals surface area contributed by atoms with Crippen LogP contribution in [0.4, 0.5) is 0 Å². The smallest absolute Gasteiger partial charge is 0.0247 e. The minimum Gasteiger partial charge on any atom is -0.329 e. The Morgan fingerprint density at radius 1 is 1.10 bits per heavy atom. The van der Waals surface area contributed by atoms with E-state index >= 15 is 0 Å². The van der Waals surface area contributed by atoms with Crippen molar-refractivity contribution in [2.24, 2.45) is 17.6 Å². The van der Waals surface area contributed by atoms with Crippen molar-refractivity contribution in [3.8, 4) is 0 Å². The number of rotatable bonds is 5. The van der Waals surface area contributed by atoms with E-state index in [9.17, 15) is 0 Å². The zero-order valence-corrected chi connectivity index (χ0v) is 13.9. The quantitative estimate of drug-likeness (QED) is 0.840. The van der Waals surface area contributed by atoms with Crippen molar-refractivity contribution in [1.29, 1.82) is 0 Å². The van der Waals surface area contributed by atoms with Crippen LogP contribution in [0.15, 0.2) is 0 Å². The average molecular weight is 281 g/mol. The summed E-state index contributed by atoms with van der Waals surface area (Å²) in [4.78, 5) is 5.34. The van der Waals surface area contributed by atoms with Crippen LogP contribution < -0.4 is 5.73 Å². The molecule has 20 heavy (non-hydrogen) atoms. The summed E-state index contributed by atoms with van der Waals surface area (Å²) in [5.74, 6) is 1.75. The standard InChI is InChI=1S/C17H35N3/c1-4-15(3)19-8-10-20(11-9-19)17(13-18)16-7-5-6-14(2)12-16/h14-17H,4-13,18H2,1-3H3. The molecule has 4 unspecified atom stereocenters. The molecule has 2 aliphatic rings.